The van der Waals surface area contributed by atoms with Gasteiger partial charge in [-0.2, -0.15) is 0 Å². The van der Waals surface area contributed by atoms with E-state index in [1.54, 1.807) is 12.1 Å². The van der Waals surface area contributed by atoms with Crippen molar-refractivity contribution in [1.29, 1.82) is 0 Å². The Morgan fingerprint density at radius 3 is 2.55 bits per heavy atom. The Hall–Kier alpha value is -3.67. The van der Waals surface area contributed by atoms with E-state index in [0.29, 0.717) is 22.1 Å². The molecule has 0 saturated carbocycles. The maximum absolute atomic E-state index is 13.6. The highest BCUT2D eigenvalue weighted by atomic mass is 32.2. The topological polar surface area (TPSA) is 110 Å². The number of benzene rings is 2. The SMILES string of the molecule is CC(OC(=O)CSc1cnc2ccccc2n1)C(=O)NCC(=O)Nc1ccc(F)c(F)c1F. The number of ether oxygens (including phenoxy) is 1. The van der Waals surface area contributed by atoms with Gasteiger partial charge in [-0.05, 0) is 31.2 Å². The van der Waals surface area contributed by atoms with Crippen LogP contribution in [0, 0.1) is 17.5 Å². The standard InChI is InChI=1S/C21H17F3N4O4S/c1-11(21(31)26-8-16(29)27-15-7-6-12(22)19(23)20(15)24)32-18(30)10-33-17-9-25-13-4-2-3-5-14(13)28-17/h2-7,9,11H,8,10H2,1H3,(H,26,31)(H,27,29). The maximum atomic E-state index is 13.6. The van der Waals surface area contributed by atoms with Gasteiger partial charge in [0.25, 0.3) is 5.91 Å². The molecule has 0 fully saturated rings. The number of halogens is 3. The lowest BCUT2D eigenvalue weighted by Crippen LogP contribution is -2.40. The Balaban J connectivity index is 1.43. The number of hydrogen-bond donors (Lipinski definition) is 2. The zero-order chi connectivity index (χ0) is 24.0. The Labute approximate surface area is 189 Å². The summed E-state index contributed by atoms with van der Waals surface area (Å²) in [6.07, 6.45) is 0.304. The number of fused-ring (bicyclic) bond motifs is 1. The molecule has 3 rings (SSSR count). The van der Waals surface area contributed by atoms with Crippen LogP contribution in [0.5, 0.6) is 0 Å². The molecule has 1 unspecified atom stereocenters. The number of nitrogens with zero attached hydrogens (tertiary/aromatic N) is 2. The van der Waals surface area contributed by atoms with Crippen LogP contribution in [0.1, 0.15) is 6.92 Å². The number of carbonyl (C=O) groups is 3. The molecule has 1 heterocycles. The lowest BCUT2D eigenvalue weighted by atomic mass is 10.2. The first-order valence-corrected chi connectivity index (χ1v) is 10.5. The number of rotatable bonds is 8. The van der Waals surface area contributed by atoms with Crippen molar-refractivity contribution in [3.8, 4) is 0 Å². The Morgan fingerprint density at radius 2 is 1.79 bits per heavy atom. The highest BCUT2D eigenvalue weighted by Crippen LogP contribution is 2.20. The van der Waals surface area contributed by atoms with Crippen LogP contribution in [0.2, 0.25) is 0 Å². The molecule has 172 valence electrons. The average molecular weight is 478 g/mol. The summed E-state index contributed by atoms with van der Waals surface area (Å²) in [5.41, 5.74) is 0.803. The molecular formula is C21H17F3N4O4S. The fourth-order valence-corrected chi connectivity index (χ4v) is 3.18. The van der Waals surface area contributed by atoms with Crippen LogP contribution in [0.25, 0.3) is 11.0 Å². The Bertz CT molecular complexity index is 1210. The first-order chi connectivity index (χ1) is 15.7. The van der Waals surface area contributed by atoms with Crippen LogP contribution in [0.4, 0.5) is 18.9 Å². The minimum atomic E-state index is -1.73. The molecule has 3 aromatic rings. The van der Waals surface area contributed by atoms with Crippen LogP contribution in [-0.4, -0.2) is 46.2 Å². The molecule has 1 aromatic heterocycles. The summed E-state index contributed by atoms with van der Waals surface area (Å²) < 4.78 is 44.7. The molecule has 0 radical (unpaired) electrons. The van der Waals surface area contributed by atoms with E-state index >= 15 is 0 Å². The molecule has 0 saturated heterocycles. The summed E-state index contributed by atoms with van der Waals surface area (Å²) in [5, 5.41) is 4.71. The molecule has 2 amide bonds. The number of esters is 1. The van der Waals surface area contributed by atoms with Gasteiger partial charge >= 0.3 is 5.97 Å². The van der Waals surface area contributed by atoms with Gasteiger partial charge in [0.15, 0.2) is 23.6 Å². The van der Waals surface area contributed by atoms with Crippen LogP contribution < -0.4 is 10.6 Å². The van der Waals surface area contributed by atoms with E-state index in [9.17, 15) is 27.6 Å². The van der Waals surface area contributed by atoms with E-state index in [4.69, 9.17) is 4.74 Å². The molecule has 12 heteroatoms. The van der Waals surface area contributed by atoms with Gasteiger partial charge in [-0.3, -0.25) is 19.4 Å². The number of para-hydroxylation sites is 2. The van der Waals surface area contributed by atoms with Crippen molar-refractivity contribution in [2.45, 2.75) is 18.1 Å². The van der Waals surface area contributed by atoms with Gasteiger partial charge in [-0.25, -0.2) is 18.2 Å². The predicted molar refractivity (Wildman–Crippen MR) is 114 cm³/mol. The number of amides is 2. The number of anilines is 1. The molecule has 0 bridgehead atoms. The van der Waals surface area contributed by atoms with Crippen molar-refractivity contribution < 1.29 is 32.3 Å². The fourth-order valence-electron chi connectivity index (χ4n) is 2.56. The molecule has 2 N–H and O–H groups in total. The van der Waals surface area contributed by atoms with Gasteiger partial charge in [0.1, 0.15) is 5.03 Å². The highest BCUT2D eigenvalue weighted by Gasteiger charge is 2.20. The third-order valence-corrected chi connectivity index (χ3v) is 5.05. The minimum absolute atomic E-state index is 0.124. The maximum Gasteiger partial charge on any atom is 0.317 e. The summed E-state index contributed by atoms with van der Waals surface area (Å²) in [4.78, 5) is 44.5. The van der Waals surface area contributed by atoms with Crippen molar-refractivity contribution >= 4 is 46.3 Å². The number of carbonyl (C=O) groups excluding carboxylic acids is 3. The molecular weight excluding hydrogens is 461 g/mol. The zero-order valence-corrected chi connectivity index (χ0v) is 17.9. The lowest BCUT2D eigenvalue weighted by molar-refractivity contribution is -0.152. The smallest absolute Gasteiger partial charge is 0.317 e. The largest absolute Gasteiger partial charge is 0.452 e. The molecule has 0 aliphatic rings. The highest BCUT2D eigenvalue weighted by molar-refractivity contribution is 7.99. The van der Waals surface area contributed by atoms with Crippen molar-refractivity contribution in [2.75, 3.05) is 17.6 Å². The fraction of sp³-hybridized carbons (Fsp3) is 0.190. The van der Waals surface area contributed by atoms with E-state index < -0.39 is 53.6 Å². The quantitative estimate of drug-likeness (QED) is 0.291. The van der Waals surface area contributed by atoms with E-state index in [0.717, 1.165) is 17.8 Å². The van der Waals surface area contributed by atoms with E-state index in [1.807, 2.05) is 17.4 Å². The zero-order valence-electron chi connectivity index (χ0n) is 17.1. The predicted octanol–water partition coefficient (Wildman–Crippen LogP) is 2.83. The minimum Gasteiger partial charge on any atom is -0.452 e. The van der Waals surface area contributed by atoms with Crippen molar-refractivity contribution in [1.82, 2.24) is 15.3 Å². The molecule has 33 heavy (non-hydrogen) atoms. The van der Waals surface area contributed by atoms with Gasteiger partial charge in [0.2, 0.25) is 5.91 Å². The van der Waals surface area contributed by atoms with Crippen molar-refractivity contribution in [3.05, 3.63) is 60.0 Å². The molecule has 1 atom stereocenters. The number of nitrogens with one attached hydrogen (secondary N) is 2. The lowest BCUT2D eigenvalue weighted by Gasteiger charge is -2.13. The molecule has 2 aromatic carbocycles. The van der Waals surface area contributed by atoms with Gasteiger partial charge in [0, 0.05) is 0 Å². The summed E-state index contributed by atoms with van der Waals surface area (Å²) in [5.74, 6) is -7.18. The number of hydrogen-bond acceptors (Lipinski definition) is 7. The van der Waals surface area contributed by atoms with Gasteiger partial charge in [-0.1, -0.05) is 23.9 Å². The molecule has 0 aliphatic carbocycles. The first-order valence-electron chi connectivity index (χ1n) is 9.49. The monoisotopic (exact) mass is 478 g/mol. The Kier molecular flexibility index (Phi) is 7.83. The van der Waals surface area contributed by atoms with Crippen molar-refractivity contribution in [2.24, 2.45) is 0 Å². The van der Waals surface area contributed by atoms with Crippen molar-refractivity contribution in [3.63, 3.8) is 0 Å². The van der Waals surface area contributed by atoms with Crippen LogP contribution in [-0.2, 0) is 19.1 Å². The summed E-state index contributed by atoms with van der Waals surface area (Å²) >= 11 is 1.08. The third-order valence-electron chi connectivity index (χ3n) is 4.17. The van der Waals surface area contributed by atoms with E-state index in [1.165, 1.54) is 13.1 Å². The average Bonchev–Trinajstić information content (AvgIpc) is 2.81. The second-order valence-electron chi connectivity index (χ2n) is 6.61. The number of aromatic nitrogens is 2. The van der Waals surface area contributed by atoms with Crippen LogP contribution >= 0.6 is 11.8 Å². The normalized spacial score (nSPS) is 11.6. The summed E-state index contributed by atoms with van der Waals surface area (Å²) in [6.45, 7) is 0.696. The second kappa shape index (κ2) is 10.8. The number of thioether (sulfide) groups is 1. The summed E-state index contributed by atoms with van der Waals surface area (Å²) in [7, 11) is 0. The van der Waals surface area contributed by atoms with Gasteiger partial charge < -0.3 is 15.4 Å². The van der Waals surface area contributed by atoms with Crippen LogP contribution in [0.15, 0.2) is 47.6 Å². The summed E-state index contributed by atoms with van der Waals surface area (Å²) in [6, 6.07) is 8.73. The first kappa shape index (κ1) is 24.0. The molecule has 0 spiro atoms. The molecule has 0 aliphatic heterocycles. The third kappa shape index (κ3) is 6.42. The van der Waals surface area contributed by atoms with Crippen LogP contribution in [0.3, 0.4) is 0 Å². The van der Waals surface area contributed by atoms with Gasteiger partial charge in [-0.15, -0.1) is 0 Å². The van der Waals surface area contributed by atoms with E-state index in [-0.39, 0.29) is 5.75 Å². The molecule has 8 nitrogen and oxygen atoms in total. The Morgan fingerprint density at radius 1 is 1.06 bits per heavy atom. The second-order valence-corrected chi connectivity index (χ2v) is 7.60. The van der Waals surface area contributed by atoms with Gasteiger partial charge in [0.05, 0.1) is 35.2 Å². The van der Waals surface area contributed by atoms with E-state index in [2.05, 4.69) is 15.3 Å².